The topological polar surface area (TPSA) is 57.2 Å². The minimum absolute atomic E-state index is 0.286. The molecule has 6 heterocycles. The number of hydrogen-bond acceptors (Lipinski definition) is 8. The molecule has 0 aliphatic carbocycles. The Morgan fingerprint density at radius 3 is 1.67 bits per heavy atom. The largest absolute Gasteiger partial charge is 0.380 e. The van der Waals surface area contributed by atoms with E-state index in [1.807, 2.05) is 26.6 Å². The molecular weight excluding hydrogens is 452 g/mol. The van der Waals surface area contributed by atoms with E-state index in [4.69, 9.17) is 19.4 Å². The van der Waals surface area contributed by atoms with E-state index in [9.17, 15) is 0 Å². The van der Waals surface area contributed by atoms with Crippen molar-refractivity contribution in [1.29, 1.82) is 0 Å². The molecular formula is C28H38N6O2. The second-order valence-corrected chi connectivity index (χ2v) is 10.6. The van der Waals surface area contributed by atoms with Crippen LogP contribution in [0.5, 0.6) is 0 Å². The summed E-state index contributed by atoms with van der Waals surface area (Å²) in [6, 6.07) is 9.48. The fourth-order valence-electron chi connectivity index (χ4n) is 6.51. The van der Waals surface area contributed by atoms with Crippen LogP contribution in [-0.4, -0.2) is 97.5 Å². The predicted molar refractivity (Wildman–Crippen MR) is 141 cm³/mol. The van der Waals surface area contributed by atoms with Crippen LogP contribution in [0.3, 0.4) is 0 Å². The second kappa shape index (κ2) is 10.5. The summed E-state index contributed by atoms with van der Waals surface area (Å²) >= 11 is 0. The molecule has 0 N–H and O–H groups in total. The molecule has 0 unspecified atom stereocenters. The summed E-state index contributed by atoms with van der Waals surface area (Å²) in [7, 11) is 3.66. The second-order valence-electron chi connectivity index (χ2n) is 10.6. The fourth-order valence-corrected chi connectivity index (χ4v) is 6.51. The highest BCUT2D eigenvalue weighted by Crippen LogP contribution is 2.33. The Hall–Kier alpha value is -2.52. The molecule has 0 amide bonds. The number of ether oxygens (including phenoxy) is 2. The molecule has 0 radical (unpaired) electrons. The predicted octanol–water partition coefficient (Wildman–Crippen LogP) is 2.55. The van der Waals surface area contributed by atoms with Gasteiger partial charge in [0.25, 0.3) is 0 Å². The molecule has 0 bridgehead atoms. The van der Waals surface area contributed by atoms with Crippen molar-refractivity contribution in [1.82, 2.24) is 19.8 Å². The minimum atomic E-state index is 0.286. The lowest BCUT2D eigenvalue weighted by atomic mass is 10.2. The Morgan fingerprint density at radius 2 is 1.22 bits per heavy atom. The van der Waals surface area contributed by atoms with Gasteiger partial charge in [-0.05, 0) is 25.0 Å². The lowest BCUT2D eigenvalue weighted by molar-refractivity contribution is 0.115. The van der Waals surface area contributed by atoms with E-state index in [1.165, 1.54) is 11.1 Å². The van der Waals surface area contributed by atoms with Crippen molar-refractivity contribution in [3.8, 4) is 0 Å². The highest BCUT2D eigenvalue weighted by molar-refractivity contribution is 5.51. The van der Waals surface area contributed by atoms with Crippen LogP contribution in [0, 0.1) is 0 Å². The van der Waals surface area contributed by atoms with Gasteiger partial charge in [-0.25, -0.2) is 9.97 Å². The molecule has 4 aliphatic heterocycles. The number of aromatic nitrogens is 2. The molecule has 2 aromatic rings. The van der Waals surface area contributed by atoms with Gasteiger partial charge in [0, 0.05) is 102 Å². The molecule has 8 nitrogen and oxygen atoms in total. The summed E-state index contributed by atoms with van der Waals surface area (Å²) in [6.45, 7) is 7.72. The van der Waals surface area contributed by atoms with Crippen LogP contribution in [0.25, 0.3) is 0 Å². The van der Waals surface area contributed by atoms with Crippen LogP contribution in [-0.2, 0) is 22.6 Å². The third-order valence-corrected chi connectivity index (χ3v) is 8.32. The Bertz CT molecular complexity index is 996. The number of fused-ring (bicyclic) bond motifs is 6. The average Bonchev–Trinajstić information content (AvgIpc) is 3.43. The van der Waals surface area contributed by atoms with E-state index < -0.39 is 0 Å². The van der Waals surface area contributed by atoms with Gasteiger partial charge in [-0.2, -0.15) is 0 Å². The van der Waals surface area contributed by atoms with Crippen LogP contribution in [0.2, 0.25) is 0 Å². The Kier molecular flexibility index (Phi) is 6.93. The third-order valence-electron chi connectivity index (χ3n) is 8.32. The van der Waals surface area contributed by atoms with Crippen LogP contribution in [0.1, 0.15) is 24.0 Å². The highest BCUT2D eigenvalue weighted by atomic mass is 16.5. The zero-order valence-corrected chi connectivity index (χ0v) is 21.5. The van der Waals surface area contributed by atoms with E-state index in [0.717, 1.165) is 76.8 Å². The van der Waals surface area contributed by atoms with Crippen molar-refractivity contribution in [2.75, 3.05) is 63.3 Å². The summed E-state index contributed by atoms with van der Waals surface area (Å²) in [5.74, 6) is 2.28. The lowest BCUT2D eigenvalue weighted by Gasteiger charge is -2.26. The van der Waals surface area contributed by atoms with Crippen molar-refractivity contribution < 1.29 is 9.47 Å². The number of rotatable bonds is 6. The highest BCUT2D eigenvalue weighted by Gasteiger charge is 2.38. The van der Waals surface area contributed by atoms with Crippen molar-refractivity contribution in [3.05, 3.63) is 59.9 Å². The van der Waals surface area contributed by atoms with Gasteiger partial charge < -0.3 is 19.3 Å². The van der Waals surface area contributed by atoms with Gasteiger partial charge >= 0.3 is 0 Å². The minimum Gasteiger partial charge on any atom is -0.380 e. The molecule has 2 fully saturated rings. The zero-order chi connectivity index (χ0) is 24.5. The monoisotopic (exact) mass is 490 g/mol. The third kappa shape index (κ3) is 4.75. The molecule has 4 atom stereocenters. The quantitative estimate of drug-likeness (QED) is 0.573. The lowest BCUT2D eigenvalue weighted by Crippen LogP contribution is -2.38. The first-order valence-electron chi connectivity index (χ1n) is 13.3. The summed E-state index contributed by atoms with van der Waals surface area (Å²) in [5.41, 5.74) is 2.63. The van der Waals surface area contributed by atoms with Crippen molar-refractivity contribution >= 4 is 11.6 Å². The Balaban J connectivity index is 1.11. The van der Waals surface area contributed by atoms with Crippen LogP contribution in [0.4, 0.5) is 11.6 Å². The van der Waals surface area contributed by atoms with Crippen molar-refractivity contribution in [2.24, 2.45) is 0 Å². The maximum atomic E-state index is 5.72. The van der Waals surface area contributed by atoms with Crippen LogP contribution in [0.15, 0.2) is 48.8 Å². The van der Waals surface area contributed by atoms with Gasteiger partial charge in [-0.3, -0.25) is 9.80 Å². The first-order valence-corrected chi connectivity index (χ1v) is 13.3. The summed E-state index contributed by atoms with van der Waals surface area (Å²) in [4.78, 5) is 19.6. The summed E-state index contributed by atoms with van der Waals surface area (Å²) in [6.07, 6.45) is 11.2. The number of anilines is 2. The number of methoxy groups -OCH3 is 2. The summed E-state index contributed by atoms with van der Waals surface area (Å²) in [5, 5.41) is 0. The average molecular weight is 491 g/mol. The van der Waals surface area contributed by atoms with Crippen molar-refractivity contribution in [2.45, 2.75) is 50.2 Å². The Labute approximate surface area is 214 Å². The smallest absolute Gasteiger partial charge is 0.133 e. The van der Waals surface area contributed by atoms with E-state index in [2.05, 4.69) is 56.0 Å². The van der Waals surface area contributed by atoms with Gasteiger partial charge in [0.05, 0.1) is 12.2 Å². The van der Waals surface area contributed by atoms with Gasteiger partial charge in [-0.15, -0.1) is 0 Å². The molecule has 8 heteroatoms. The molecule has 36 heavy (non-hydrogen) atoms. The molecule has 0 spiro atoms. The maximum Gasteiger partial charge on any atom is 0.133 e. The zero-order valence-electron chi connectivity index (χ0n) is 21.5. The standard InChI is InChI=1S/C28H38N6O2/c1-35-25-13-23-17-31(15-21-7-5-9-29-27(21)33(23)19-25)11-3-4-12-32-16-22-8-6-10-30-28(22)34-20-26(36-2)14-24(34)18-32/h3-10,23-26H,11-20H2,1-2H3/b4-3+/t23-,24-,25+,26+/m0/s1. The van der Waals surface area contributed by atoms with E-state index >= 15 is 0 Å². The first kappa shape index (κ1) is 23.9. The van der Waals surface area contributed by atoms with Crippen molar-refractivity contribution in [3.63, 3.8) is 0 Å². The van der Waals surface area contributed by atoms with Crippen LogP contribution >= 0.6 is 0 Å². The summed E-state index contributed by atoms with van der Waals surface area (Å²) < 4.78 is 11.4. The maximum absolute atomic E-state index is 5.72. The van der Waals surface area contributed by atoms with E-state index in [1.54, 1.807) is 0 Å². The number of pyridine rings is 2. The van der Waals surface area contributed by atoms with Gasteiger partial charge in [-0.1, -0.05) is 24.3 Å². The molecule has 2 aromatic heterocycles. The molecule has 4 aliphatic rings. The Morgan fingerprint density at radius 1 is 0.750 bits per heavy atom. The van der Waals surface area contributed by atoms with Gasteiger partial charge in [0.15, 0.2) is 0 Å². The van der Waals surface area contributed by atoms with Gasteiger partial charge in [0.2, 0.25) is 0 Å². The normalized spacial score (nSPS) is 28.5. The van der Waals surface area contributed by atoms with Gasteiger partial charge in [0.1, 0.15) is 11.6 Å². The first-order chi connectivity index (χ1) is 17.7. The van der Waals surface area contributed by atoms with E-state index in [-0.39, 0.29) is 12.2 Å². The molecule has 192 valence electrons. The molecule has 6 rings (SSSR count). The number of nitrogens with zero attached hydrogens (tertiary/aromatic N) is 6. The molecule has 0 saturated carbocycles. The number of hydrogen-bond donors (Lipinski definition) is 0. The molecule has 2 saturated heterocycles. The molecule has 0 aromatic carbocycles. The SMILES string of the molecule is CO[C@@H]1C[C@H]2CN(C/C=C/CN3Cc4cccnc4N4C[C@H](OC)C[C@H]4C3)Cc3cccnc3N2C1. The van der Waals surface area contributed by atoms with E-state index in [0.29, 0.717) is 12.1 Å². The fraction of sp³-hybridized carbons (Fsp3) is 0.571. The van der Waals surface area contributed by atoms with Crippen LogP contribution < -0.4 is 9.80 Å².